The predicted octanol–water partition coefficient (Wildman–Crippen LogP) is 6.91. The number of aromatic nitrogens is 3. The molecule has 3 aromatic rings. The lowest BCUT2D eigenvalue weighted by Gasteiger charge is -2.27. The monoisotopic (exact) mass is 429 g/mol. The second-order valence-corrected chi connectivity index (χ2v) is 11.4. The lowest BCUT2D eigenvalue weighted by molar-refractivity contribution is 0.455. The van der Waals surface area contributed by atoms with Gasteiger partial charge in [-0.1, -0.05) is 60.6 Å². The van der Waals surface area contributed by atoms with Crippen LogP contribution in [-0.2, 0) is 29.1 Å². The van der Waals surface area contributed by atoms with Crippen molar-refractivity contribution in [3.05, 3.63) is 88.8 Å². The number of aryl methyl sites for hydroxylation is 2. The lowest BCUT2D eigenvalue weighted by Crippen LogP contribution is -2.24. The van der Waals surface area contributed by atoms with Crippen molar-refractivity contribution in [1.29, 1.82) is 0 Å². The van der Waals surface area contributed by atoms with Gasteiger partial charge in [-0.25, -0.2) is 0 Å². The fraction of sp³-hybridized carbons (Fsp3) is 0.483. The van der Waals surface area contributed by atoms with Gasteiger partial charge >= 0.3 is 0 Å². The Balaban J connectivity index is 1.76. The summed E-state index contributed by atoms with van der Waals surface area (Å²) in [6.45, 7) is 18.0. The standard InChI is InChI=1S/C29H39N3/c1-21-17-23(27(2,3)4)18-24(31-21)14-15-28(5,6)26-13-9-12-25(32-26)19-29(7,8)22-11-10-16-30-20-22/h9-13,16-18,20H,14-15,19H2,1-8H3. The van der Waals surface area contributed by atoms with Crippen molar-refractivity contribution >= 4 is 0 Å². The molecule has 0 aliphatic rings. The molecule has 0 fully saturated rings. The second kappa shape index (κ2) is 9.13. The van der Waals surface area contributed by atoms with Gasteiger partial charge in [0.1, 0.15) is 0 Å². The smallest absolute Gasteiger partial charge is 0.0463 e. The number of hydrogen-bond acceptors (Lipinski definition) is 3. The highest BCUT2D eigenvalue weighted by molar-refractivity contribution is 5.28. The van der Waals surface area contributed by atoms with Crippen LogP contribution < -0.4 is 0 Å². The van der Waals surface area contributed by atoms with Crippen molar-refractivity contribution in [2.75, 3.05) is 0 Å². The molecule has 0 aliphatic carbocycles. The van der Waals surface area contributed by atoms with Crippen molar-refractivity contribution in [3.63, 3.8) is 0 Å². The highest BCUT2D eigenvalue weighted by Gasteiger charge is 2.26. The molecule has 0 radical (unpaired) electrons. The Kier molecular flexibility index (Phi) is 6.88. The van der Waals surface area contributed by atoms with Gasteiger partial charge in [-0.2, -0.15) is 0 Å². The molecule has 0 atom stereocenters. The average Bonchev–Trinajstić information content (AvgIpc) is 2.72. The third-order valence-corrected chi connectivity index (χ3v) is 6.44. The van der Waals surface area contributed by atoms with E-state index >= 15 is 0 Å². The summed E-state index contributed by atoms with van der Waals surface area (Å²) in [7, 11) is 0. The molecule has 0 saturated carbocycles. The predicted molar refractivity (Wildman–Crippen MR) is 134 cm³/mol. The van der Waals surface area contributed by atoms with E-state index in [0.29, 0.717) is 0 Å². The van der Waals surface area contributed by atoms with Crippen LogP contribution in [0.2, 0.25) is 0 Å². The van der Waals surface area contributed by atoms with Gasteiger partial charge in [0.15, 0.2) is 0 Å². The summed E-state index contributed by atoms with van der Waals surface area (Å²) in [6.07, 6.45) is 6.64. The fourth-order valence-corrected chi connectivity index (χ4v) is 4.14. The minimum absolute atomic E-state index is 0.0150. The van der Waals surface area contributed by atoms with Crippen molar-refractivity contribution in [2.24, 2.45) is 0 Å². The Morgan fingerprint density at radius 2 is 1.50 bits per heavy atom. The first kappa shape index (κ1) is 24.1. The normalized spacial score (nSPS) is 12.8. The first-order valence-electron chi connectivity index (χ1n) is 11.7. The molecule has 3 heteroatoms. The van der Waals surface area contributed by atoms with E-state index in [1.54, 1.807) is 0 Å². The Morgan fingerprint density at radius 3 is 2.16 bits per heavy atom. The topological polar surface area (TPSA) is 38.7 Å². The molecule has 0 amide bonds. The van der Waals surface area contributed by atoms with Gasteiger partial charge in [-0.05, 0) is 78.5 Å². The molecule has 3 nitrogen and oxygen atoms in total. The SMILES string of the molecule is Cc1cc(C(C)(C)C)cc(CCC(C)(C)c2cccc(CC(C)(C)c3cccnc3)n2)n1. The number of rotatable bonds is 7. The van der Waals surface area contributed by atoms with E-state index in [1.165, 1.54) is 16.8 Å². The number of nitrogens with zero attached hydrogens (tertiary/aromatic N) is 3. The Hall–Kier alpha value is -2.55. The molecule has 3 rings (SSSR count). The Bertz CT molecular complexity index is 1040. The van der Waals surface area contributed by atoms with Crippen LogP contribution in [0.25, 0.3) is 0 Å². The van der Waals surface area contributed by atoms with Gasteiger partial charge in [-0.3, -0.25) is 15.0 Å². The number of pyridine rings is 3. The highest BCUT2D eigenvalue weighted by Crippen LogP contribution is 2.31. The minimum atomic E-state index is -0.0260. The van der Waals surface area contributed by atoms with E-state index in [9.17, 15) is 0 Å². The van der Waals surface area contributed by atoms with E-state index in [0.717, 1.165) is 36.3 Å². The van der Waals surface area contributed by atoms with Crippen molar-refractivity contribution in [2.45, 2.75) is 90.9 Å². The molecule has 3 aromatic heterocycles. The third-order valence-electron chi connectivity index (χ3n) is 6.44. The van der Waals surface area contributed by atoms with Crippen LogP contribution in [0.15, 0.2) is 54.9 Å². The minimum Gasteiger partial charge on any atom is -0.264 e. The first-order chi connectivity index (χ1) is 14.9. The molecule has 0 unspecified atom stereocenters. The molecule has 0 spiro atoms. The van der Waals surface area contributed by atoms with Gasteiger partial charge in [0.25, 0.3) is 0 Å². The van der Waals surface area contributed by atoms with Crippen LogP contribution in [0.3, 0.4) is 0 Å². The molecular formula is C29H39N3. The summed E-state index contributed by atoms with van der Waals surface area (Å²) >= 11 is 0. The van der Waals surface area contributed by atoms with E-state index in [2.05, 4.69) is 96.8 Å². The zero-order chi connectivity index (χ0) is 23.6. The Labute approximate surface area is 194 Å². The maximum atomic E-state index is 5.10. The summed E-state index contributed by atoms with van der Waals surface area (Å²) in [4.78, 5) is 14.2. The van der Waals surface area contributed by atoms with Crippen LogP contribution in [-0.4, -0.2) is 15.0 Å². The fourth-order valence-electron chi connectivity index (χ4n) is 4.14. The maximum Gasteiger partial charge on any atom is 0.0463 e. The van der Waals surface area contributed by atoms with E-state index in [1.807, 2.05) is 18.5 Å². The van der Waals surface area contributed by atoms with Crippen molar-refractivity contribution in [1.82, 2.24) is 15.0 Å². The summed E-state index contributed by atoms with van der Waals surface area (Å²) in [5.41, 5.74) is 7.26. The zero-order valence-electron chi connectivity index (χ0n) is 21.2. The summed E-state index contributed by atoms with van der Waals surface area (Å²) in [5.74, 6) is 0. The molecule has 0 aliphatic heterocycles. The molecule has 0 aromatic carbocycles. The van der Waals surface area contributed by atoms with Crippen LogP contribution in [0, 0.1) is 6.92 Å². The van der Waals surface area contributed by atoms with Gasteiger partial charge < -0.3 is 0 Å². The van der Waals surface area contributed by atoms with Crippen molar-refractivity contribution in [3.8, 4) is 0 Å². The van der Waals surface area contributed by atoms with Gasteiger partial charge in [0.2, 0.25) is 0 Å². The van der Waals surface area contributed by atoms with Gasteiger partial charge in [0.05, 0.1) is 0 Å². The Morgan fingerprint density at radius 1 is 0.750 bits per heavy atom. The molecule has 0 N–H and O–H groups in total. The average molecular weight is 430 g/mol. The van der Waals surface area contributed by atoms with E-state index in [-0.39, 0.29) is 16.2 Å². The van der Waals surface area contributed by atoms with Crippen LogP contribution in [0.4, 0.5) is 0 Å². The second-order valence-electron chi connectivity index (χ2n) is 11.4. The molecule has 3 heterocycles. The zero-order valence-corrected chi connectivity index (χ0v) is 21.2. The molecule has 0 saturated heterocycles. The molecule has 32 heavy (non-hydrogen) atoms. The van der Waals surface area contributed by atoms with E-state index < -0.39 is 0 Å². The van der Waals surface area contributed by atoms with Gasteiger partial charge in [-0.15, -0.1) is 0 Å². The quantitative estimate of drug-likeness (QED) is 0.410. The van der Waals surface area contributed by atoms with Crippen LogP contribution in [0.1, 0.15) is 88.8 Å². The van der Waals surface area contributed by atoms with Crippen LogP contribution >= 0.6 is 0 Å². The van der Waals surface area contributed by atoms with Crippen LogP contribution in [0.5, 0.6) is 0 Å². The third kappa shape index (κ3) is 6.03. The summed E-state index contributed by atoms with van der Waals surface area (Å²) < 4.78 is 0. The van der Waals surface area contributed by atoms with E-state index in [4.69, 9.17) is 9.97 Å². The largest absolute Gasteiger partial charge is 0.264 e. The lowest BCUT2D eigenvalue weighted by atomic mass is 9.80. The first-order valence-corrected chi connectivity index (χ1v) is 11.7. The molecular weight excluding hydrogens is 390 g/mol. The number of hydrogen-bond donors (Lipinski definition) is 0. The van der Waals surface area contributed by atoms with Gasteiger partial charge in [0, 0.05) is 40.6 Å². The summed E-state index contributed by atoms with van der Waals surface area (Å²) in [5, 5.41) is 0. The summed E-state index contributed by atoms with van der Waals surface area (Å²) in [6, 6.07) is 15.1. The molecule has 170 valence electrons. The molecule has 0 bridgehead atoms. The van der Waals surface area contributed by atoms with Crippen molar-refractivity contribution < 1.29 is 0 Å². The highest BCUT2D eigenvalue weighted by atomic mass is 14.7. The maximum absolute atomic E-state index is 5.10.